The van der Waals surface area contributed by atoms with Crippen LogP contribution in [-0.4, -0.2) is 40.4 Å². The normalized spacial score (nSPS) is 16.2. The van der Waals surface area contributed by atoms with E-state index in [-0.39, 0.29) is 17.5 Å². The van der Waals surface area contributed by atoms with Gasteiger partial charge in [0.1, 0.15) is 0 Å². The second-order valence-electron chi connectivity index (χ2n) is 7.17. The molecule has 2 aromatic heterocycles. The van der Waals surface area contributed by atoms with Gasteiger partial charge in [-0.05, 0) is 55.8 Å². The summed E-state index contributed by atoms with van der Waals surface area (Å²) in [7, 11) is 0. The number of likely N-dealkylation sites (tertiary alicyclic amines) is 1. The lowest BCUT2D eigenvalue weighted by atomic mass is 10.0. The van der Waals surface area contributed by atoms with E-state index in [0.29, 0.717) is 17.1 Å². The van der Waals surface area contributed by atoms with Crippen molar-refractivity contribution in [1.29, 1.82) is 0 Å². The molecule has 4 rings (SSSR count). The van der Waals surface area contributed by atoms with E-state index in [0.717, 1.165) is 42.4 Å². The highest BCUT2D eigenvalue weighted by Gasteiger charge is 2.24. The third-order valence-electron chi connectivity index (χ3n) is 5.38. The van der Waals surface area contributed by atoms with E-state index in [9.17, 15) is 9.59 Å². The first kappa shape index (κ1) is 18.8. The molecule has 28 heavy (non-hydrogen) atoms. The average molecular weight is 399 g/mol. The number of hydrogen-bond donors (Lipinski definition) is 3. The number of piperidine rings is 1. The summed E-state index contributed by atoms with van der Waals surface area (Å²) in [5.74, 6) is -0.208. The summed E-state index contributed by atoms with van der Waals surface area (Å²) in [4.78, 5) is 32.7. The average Bonchev–Trinajstić information content (AvgIpc) is 3.19. The monoisotopic (exact) mass is 398 g/mol. The lowest BCUT2D eigenvalue weighted by Gasteiger charge is -2.35. The summed E-state index contributed by atoms with van der Waals surface area (Å²) in [6, 6.07) is 8.94. The van der Waals surface area contributed by atoms with Crippen LogP contribution in [0.25, 0.3) is 10.9 Å². The highest BCUT2D eigenvalue weighted by atomic mass is 35.5. The van der Waals surface area contributed by atoms with Crippen molar-refractivity contribution >= 4 is 28.4 Å². The Kier molecular flexibility index (Phi) is 5.50. The molecule has 6 nitrogen and oxygen atoms in total. The Balaban J connectivity index is 1.55. The standard InChI is InChI=1S/C21H23ClN4O2/c22-20-15-7-9-23-17(15)5-4-16(20)21(28)25-13-18(26-10-2-1-3-11-26)14-6-8-24-19(27)12-14/h4-9,12,18,23H,1-3,10-11,13H2,(H,24,27)(H,25,28). The van der Waals surface area contributed by atoms with Gasteiger partial charge < -0.3 is 15.3 Å². The largest absolute Gasteiger partial charge is 0.361 e. The molecule has 3 heterocycles. The van der Waals surface area contributed by atoms with Crippen molar-refractivity contribution in [3.8, 4) is 0 Å². The molecule has 7 heteroatoms. The van der Waals surface area contributed by atoms with Crippen molar-refractivity contribution in [3.63, 3.8) is 0 Å². The van der Waals surface area contributed by atoms with Crippen molar-refractivity contribution in [2.24, 2.45) is 0 Å². The van der Waals surface area contributed by atoms with Crippen LogP contribution < -0.4 is 10.9 Å². The topological polar surface area (TPSA) is 81.0 Å². The molecule has 1 aromatic carbocycles. The van der Waals surface area contributed by atoms with Gasteiger partial charge in [-0.3, -0.25) is 14.5 Å². The molecule has 0 aliphatic carbocycles. The van der Waals surface area contributed by atoms with Crippen LogP contribution in [0.1, 0.15) is 41.2 Å². The molecule has 146 valence electrons. The Labute approximate surface area is 167 Å². The van der Waals surface area contributed by atoms with Gasteiger partial charge in [0.2, 0.25) is 5.56 Å². The van der Waals surface area contributed by atoms with Gasteiger partial charge in [0, 0.05) is 35.9 Å². The van der Waals surface area contributed by atoms with Gasteiger partial charge in [0.15, 0.2) is 0 Å². The predicted molar refractivity (Wildman–Crippen MR) is 111 cm³/mol. The number of benzene rings is 1. The summed E-state index contributed by atoms with van der Waals surface area (Å²) < 4.78 is 0. The van der Waals surface area contributed by atoms with Crippen LogP contribution in [0.3, 0.4) is 0 Å². The van der Waals surface area contributed by atoms with Crippen molar-refractivity contribution in [2.75, 3.05) is 19.6 Å². The molecule has 1 aliphatic rings. The minimum Gasteiger partial charge on any atom is -0.361 e. The molecule has 0 spiro atoms. The zero-order valence-electron chi connectivity index (χ0n) is 15.5. The Morgan fingerprint density at radius 3 is 2.68 bits per heavy atom. The summed E-state index contributed by atoms with van der Waals surface area (Å²) in [6.45, 7) is 2.34. The molecular formula is C21H23ClN4O2. The second kappa shape index (κ2) is 8.20. The molecule has 1 atom stereocenters. The third-order valence-corrected chi connectivity index (χ3v) is 5.79. The number of carbonyl (C=O) groups excluding carboxylic acids is 1. The van der Waals surface area contributed by atoms with E-state index in [2.05, 4.69) is 20.2 Å². The van der Waals surface area contributed by atoms with Gasteiger partial charge in [0.05, 0.1) is 16.6 Å². The third kappa shape index (κ3) is 3.84. The number of H-pyrrole nitrogens is 2. The van der Waals surface area contributed by atoms with Crippen LogP contribution in [0.4, 0.5) is 0 Å². The Morgan fingerprint density at radius 1 is 1.11 bits per heavy atom. The number of pyridine rings is 1. The van der Waals surface area contributed by atoms with Crippen LogP contribution in [0.2, 0.25) is 5.02 Å². The van der Waals surface area contributed by atoms with Gasteiger partial charge in [-0.1, -0.05) is 18.0 Å². The molecular weight excluding hydrogens is 376 g/mol. The highest BCUT2D eigenvalue weighted by molar-refractivity contribution is 6.38. The first-order valence-electron chi connectivity index (χ1n) is 9.60. The summed E-state index contributed by atoms with van der Waals surface area (Å²) in [5, 5.41) is 4.30. The maximum Gasteiger partial charge on any atom is 0.252 e. The van der Waals surface area contributed by atoms with Crippen molar-refractivity contribution < 1.29 is 4.79 Å². The van der Waals surface area contributed by atoms with Crippen LogP contribution in [0.5, 0.6) is 0 Å². The van der Waals surface area contributed by atoms with Crippen LogP contribution in [0, 0.1) is 0 Å². The SMILES string of the molecule is O=C(NCC(c1cc[nH]c(=O)c1)N1CCCCC1)c1ccc2[nH]ccc2c1Cl. The number of halogens is 1. The Bertz CT molecular complexity index is 1040. The van der Waals surface area contributed by atoms with E-state index >= 15 is 0 Å². The lowest BCUT2D eigenvalue weighted by Crippen LogP contribution is -2.41. The molecule has 3 aromatic rings. The molecule has 1 saturated heterocycles. The smallest absolute Gasteiger partial charge is 0.252 e. The van der Waals surface area contributed by atoms with E-state index in [1.54, 1.807) is 24.5 Å². The van der Waals surface area contributed by atoms with Gasteiger partial charge in [-0.15, -0.1) is 0 Å². The number of carbonyl (C=O) groups is 1. The van der Waals surface area contributed by atoms with Crippen LogP contribution in [0.15, 0.2) is 47.5 Å². The number of nitrogens with one attached hydrogen (secondary N) is 3. The maximum atomic E-state index is 12.8. The first-order chi connectivity index (χ1) is 13.6. The number of rotatable bonds is 5. The molecule has 1 fully saturated rings. The van der Waals surface area contributed by atoms with Crippen molar-refractivity contribution in [1.82, 2.24) is 20.2 Å². The molecule has 0 radical (unpaired) electrons. The van der Waals surface area contributed by atoms with Crippen LogP contribution in [-0.2, 0) is 0 Å². The minimum absolute atomic E-state index is 0.0404. The fourth-order valence-electron chi connectivity index (χ4n) is 3.91. The molecule has 1 aliphatic heterocycles. The van der Waals surface area contributed by atoms with Gasteiger partial charge in [0.25, 0.3) is 5.91 Å². The molecule has 0 saturated carbocycles. The fraction of sp³-hybridized carbons (Fsp3) is 0.333. The molecule has 0 bridgehead atoms. The van der Waals surface area contributed by atoms with Gasteiger partial charge in [-0.25, -0.2) is 0 Å². The zero-order chi connectivity index (χ0) is 19.5. The number of aromatic nitrogens is 2. The number of fused-ring (bicyclic) bond motifs is 1. The number of hydrogen-bond acceptors (Lipinski definition) is 3. The highest BCUT2D eigenvalue weighted by Crippen LogP contribution is 2.27. The lowest BCUT2D eigenvalue weighted by molar-refractivity contribution is 0.0924. The maximum absolute atomic E-state index is 12.8. The Morgan fingerprint density at radius 2 is 1.89 bits per heavy atom. The van der Waals surface area contributed by atoms with Gasteiger partial charge in [-0.2, -0.15) is 0 Å². The van der Waals surface area contributed by atoms with E-state index < -0.39 is 0 Å². The van der Waals surface area contributed by atoms with E-state index in [1.165, 1.54) is 6.42 Å². The zero-order valence-corrected chi connectivity index (χ0v) is 16.3. The quantitative estimate of drug-likeness (QED) is 0.615. The second-order valence-corrected chi connectivity index (χ2v) is 7.55. The van der Waals surface area contributed by atoms with Crippen molar-refractivity contribution in [2.45, 2.75) is 25.3 Å². The van der Waals surface area contributed by atoms with Crippen LogP contribution >= 0.6 is 11.6 Å². The first-order valence-corrected chi connectivity index (χ1v) is 9.98. The fourth-order valence-corrected chi connectivity index (χ4v) is 4.23. The van der Waals surface area contributed by atoms with E-state index in [1.807, 2.05) is 18.2 Å². The van der Waals surface area contributed by atoms with Crippen molar-refractivity contribution in [3.05, 3.63) is 69.2 Å². The predicted octanol–water partition coefficient (Wildman–Crippen LogP) is 3.47. The molecule has 1 unspecified atom stereocenters. The van der Waals surface area contributed by atoms with E-state index in [4.69, 9.17) is 11.6 Å². The summed E-state index contributed by atoms with van der Waals surface area (Å²) in [6.07, 6.45) is 6.94. The molecule has 1 amide bonds. The number of aromatic amines is 2. The summed E-state index contributed by atoms with van der Waals surface area (Å²) >= 11 is 6.44. The van der Waals surface area contributed by atoms with Gasteiger partial charge >= 0.3 is 0 Å². The number of amides is 1. The molecule has 3 N–H and O–H groups in total. The summed E-state index contributed by atoms with van der Waals surface area (Å²) in [5.41, 5.74) is 2.14. The number of nitrogens with zero attached hydrogens (tertiary/aromatic N) is 1. The Hall–Kier alpha value is -2.57. The minimum atomic E-state index is -0.208.